The van der Waals surface area contributed by atoms with Crippen molar-refractivity contribution in [2.24, 2.45) is 0 Å². The molecule has 0 unspecified atom stereocenters. The maximum absolute atomic E-state index is 5.63. The molecule has 4 nitrogen and oxygen atoms in total. The van der Waals surface area contributed by atoms with Gasteiger partial charge in [0, 0.05) is 25.1 Å². The zero-order valence-corrected chi connectivity index (χ0v) is 12.9. The summed E-state index contributed by atoms with van der Waals surface area (Å²) in [6.07, 6.45) is 0. The van der Waals surface area contributed by atoms with E-state index in [4.69, 9.17) is 9.15 Å². The van der Waals surface area contributed by atoms with Crippen molar-refractivity contribution in [1.82, 2.24) is 10.3 Å². The van der Waals surface area contributed by atoms with Gasteiger partial charge < -0.3 is 14.5 Å². The third-order valence-corrected chi connectivity index (χ3v) is 3.94. The summed E-state index contributed by atoms with van der Waals surface area (Å²) in [6.45, 7) is 6.26. The third-order valence-electron chi connectivity index (χ3n) is 2.98. The maximum Gasteiger partial charge on any atom is 0.261 e. The van der Waals surface area contributed by atoms with Crippen LogP contribution < -0.4 is 5.32 Å². The highest BCUT2D eigenvalue weighted by Crippen LogP contribution is 2.30. The molecule has 0 aliphatic carbocycles. The molecule has 1 aromatic heterocycles. The zero-order valence-electron chi connectivity index (χ0n) is 12.1. The first-order chi connectivity index (χ1) is 9.70. The van der Waals surface area contributed by atoms with E-state index >= 15 is 0 Å². The molecule has 0 bridgehead atoms. The number of methoxy groups -OCH3 is 1. The summed E-state index contributed by atoms with van der Waals surface area (Å²) in [7, 11) is 1.71. The minimum Gasteiger partial charge on any atom is -0.436 e. The number of benzene rings is 1. The van der Waals surface area contributed by atoms with Gasteiger partial charge in [-0.05, 0) is 37.2 Å². The Labute approximate surface area is 123 Å². The second-order valence-electron chi connectivity index (χ2n) is 4.50. The number of oxazole rings is 1. The normalized spacial score (nSPS) is 10.9. The van der Waals surface area contributed by atoms with Gasteiger partial charge in [0.1, 0.15) is 5.76 Å². The van der Waals surface area contributed by atoms with Crippen LogP contribution in [-0.2, 0) is 11.3 Å². The molecule has 0 saturated heterocycles. The number of aromatic nitrogens is 1. The molecule has 2 aromatic rings. The highest BCUT2D eigenvalue weighted by molar-refractivity contribution is 7.99. The van der Waals surface area contributed by atoms with E-state index in [9.17, 15) is 0 Å². The molecule has 2 rings (SSSR count). The van der Waals surface area contributed by atoms with E-state index < -0.39 is 0 Å². The standard InChI is InChI=1S/C15H20N2O2S/c1-11-12(2)19-15(17-11)20-14-7-5-4-6-13(14)10-16-8-9-18-3/h4-7,16H,8-10H2,1-3H3. The number of rotatable bonds is 7. The second-order valence-corrected chi connectivity index (χ2v) is 5.49. The molecule has 1 aromatic carbocycles. The number of aryl methyl sites for hydroxylation is 2. The molecule has 0 spiro atoms. The molecule has 1 heterocycles. The molecular weight excluding hydrogens is 272 g/mol. The average Bonchev–Trinajstić information content (AvgIpc) is 2.75. The highest BCUT2D eigenvalue weighted by atomic mass is 32.2. The predicted octanol–water partition coefficient (Wildman–Crippen LogP) is 3.18. The lowest BCUT2D eigenvalue weighted by Crippen LogP contribution is -2.18. The minimum absolute atomic E-state index is 0.698. The van der Waals surface area contributed by atoms with E-state index in [0.29, 0.717) is 11.8 Å². The van der Waals surface area contributed by atoms with Crippen LogP contribution in [-0.4, -0.2) is 25.2 Å². The second kappa shape index (κ2) is 7.47. The number of hydrogen-bond acceptors (Lipinski definition) is 5. The van der Waals surface area contributed by atoms with Crippen LogP contribution in [0.1, 0.15) is 17.0 Å². The van der Waals surface area contributed by atoms with E-state index in [1.54, 1.807) is 18.9 Å². The monoisotopic (exact) mass is 292 g/mol. The average molecular weight is 292 g/mol. The molecule has 0 aliphatic heterocycles. The Balaban J connectivity index is 2.03. The Kier molecular flexibility index (Phi) is 5.64. The number of nitrogens with one attached hydrogen (secondary N) is 1. The number of hydrogen-bond donors (Lipinski definition) is 1. The molecule has 20 heavy (non-hydrogen) atoms. The molecule has 0 radical (unpaired) electrons. The zero-order chi connectivity index (χ0) is 14.4. The van der Waals surface area contributed by atoms with E-state index in [0.717, 1.165) is 24.5 Å². The van der Waals surface area contributed by atoms with Crippen molar-refractivity contribution < 1.29 is 9.15 Å². The minimum atomic E-state index is 0.698. The van der Waals surface area contributed by atoms with Crippen molar-refractivity contribution in [2.45, 2.75) is 30.5 Å². The third kappa shape index (κ3) is 4.10. The van der Waals surface area contributed by atoms with Crippen LogP contribution in [0.4, 0.5) is 0 Å². The van der Waals surface area contributed by atoms with Gasteiger partial charge in [-0.2, -0.15) is 0 Å². The van der Waals surface area contributed by atoms with E-state index in [1.807, 2.05) is 26.0 Å². The fourth-order valence-corrected chi connectivity index (χ4v) is 2.68. The summed E-state index contributed by atoms with van der Waals surface area (Å²) >= 11 is 1.56. The van der Waals surface area contributed by atoms with Crippen LogP contribution in [0.15, 0.2) is 38.8 Å². The van der Waals surface area contributed by atoms with Gasteiger partial charge in [-0.3, -0.25) is 0 Å². The van der Waals surface area contributed by atoms with Gasteiger partial charge in [-0.25, -0.2) is 4.98 Å². The quantitative estimate of drug-likeness (QED) is 0.794. The van der Waals surface area contributed by atoms with Crippen LogP contribution in [0.2, 0.25) is 0 Å². The lowest BCUT2D eigenvalue weighted by atomic mass is 10.2. The van der Waals surface area contributed by atoms with Crippen molar-refractivity contribution >= 4 is 11.8 Å². The number of nitrogens with zero attached hydrogens (tertiary/aromatic N) is 1. The summed E-state index contributed by atoms with van der Waals surface area (Å²) in [5.41, 5.74) is 2.19. The molecule has 0 amide bonds. The first kappa shape index (κ1) is 15.1. The topological polar surface area (TPSA) is 47.3 Å². The Morgan fingerprint density at radius 3 is 2.80 bits per heavy atom. The van der Waals surface area contributed by atoms with Crippen LogP contribution in [0.25, 0.3) is 0 Å². The molecule has 1 N–H and O–H groups in total. The molecule has 108 valence electrons. The van der Waals surface area contributed by atoms with Gasteiger partial charge >= 0.3 is 0 Å². The molecular formula is C15H20N2O2S. The summed E-state index contributed by atoms with van der Waals surface area (Å²) in [4.78, 5) is 5.58. The maximum atomic E-state index is 5.63. The van der Waals surface area contributed by atoms with Gasteiger partial charge in [0.25, 0.3) is 5.22 Å². The van der Waals surface area contributed by atoms with Crippen molar-refractivity contribution in [3.63, 3.8) is 0 Å². The Hall–Kier alpha value is -1.30. The fourth-order valence-electron chi connectivity index (χ4n) is 1.73. The van der Waals surface area contributed by atoms with Crippen molar-refractivity contribution in [3.8, 4) is 0 Å². The molecule has 0 saturated carbocycles. The molecule has 0 aliphatic rings. The van der Waals surface area contributed by atoms with E-state index in [2.05, 4.69) is 22.4 Å². The van der Waals surface area contributed by atoms with Gasteiger partial charge in [0.05, 0.1) is 12.3 Å². The van der Waals surface area contributed by atoms with Crippen molar-refractivity contribution in [3.05, 3.63) is 41.3 Å². The first-order valence-corrected chi connectivity index (χ1v) is 7.42. The molecule has 5 heteroatoms. The van der Waals surface area contributed by atoms with Gasteiger partial charge in [-0.1, -0.05) is 18.2 Å². The summed E-state index contributed by atoms with van der Waals surface area (Å²) in [5, 5.41) is 4.05. The van der Waals surface area contributed by atoms with Crippen molar-refractivity contribution in [2.75, 3.05) is 20.3 Å². The van der Waals surface area contributed by atoms with Crippen LogP contribution in [0.3, 0.4) is 0 Å². The smallest absolute Gasteiger partial charge is 0.261 e. The van der Waals surface area contributed by atoms with Crippen LogP contribution in [0, 0.1) is 13.8 Å². The van der Waals surface area contributed by atoms with Gasteiger partial charge in [-0.15, -0.1) is 0 Å². The predicted molar refractivity (Wildman–Crippen MR) is 80.1 cm³/mol. The van der Waals surface area contributed by atoms with E-state index in [1.165, 1.54) is 10.5 Å². The summed E-state index contributed by atoms with van der Waals surface area (Å²) < 4.78 is 10.7. The number of ether oxygens (including phenoxy) is 1. The summed E-state index contributed by atoms with van der Waals surface area (Å²) in [5.74, 6) is 0.878. The Bertz CT molecular complexity index is 535. The largest absolute Gasteiger partial charge is 0.436 e. The summed E-state index contributed by atoms with van der Waals surface area (Å²) in [6, 6.07) is 8.28. The first-order valence-electron chi connectivity index (χ1n) is 6.60. The van der Waals surface area contributed by atoms with Crippen molar-refractivity contribution in [1.29, 1.82) is 0 Å². The lowest BCUT2D eigenvalue weighted by Gasteiger charge is -2.08. The fraction of sp³-hybridized carbons (Fsp3) is 0.400. The molecule has 0 atom stereocenters. The van der Waals surface area contributed by atoms with Crippen LogP contribution >= 0.6 is 11.8 Å². The van der Waals surface area contributed by atoms with E-state index in [-0.39, 0.29) is 0 Å². The van der Waals surface area contributed by atoms with Gasteiger partial charge in [0.15, 0.2) is 0 Å². The highest BCUT2D eigenvalue weighted by Gasteiger charge is 2.10. The molecule has 0 fully saturated rings. The Morgan fingerprint density at radius 1 is 1.30 bits per heavy atom. The lowest BCUT2D eigenvalue weighted by molar-refractivity contribution is 0.199. The SMILES string of the molecule is COCCNCc1ccccc1Sc1nc(C)c(C)o1. The Morgan fingerprint density at radius 2 is 2.10 bits per heavy atom. The van der Waals surface area contributed by atoms with Gasteiger partial charge in [0.2, 0.25) is 0 Å². The van der Waals surface area contributed by atoms with Crippen LogP contribution in [0.5, 0.6) is 0 Å².